The van der Waals surface area contributed by atoms with Crippen LogP contribution < -0.4 is 5.32 Å². The molecule has 0 bridgehead atoms. The molecule has 3 atom stereocenters. The largest absolute Gasteiger partial charge is 0.471 e. The maximum atomic E-state index is 12.4. The number of carbonyl (C=O) groups is 1. The number of nitrogens with one attached hydrogen (secondary N) is 1. The SMILES string of the molecule is CCC1C2CNCC2CN1C(=O)C(F)(F)F. The van der Waals surface area contributed by atoms with Gasteiger partial charge in [-0.1, -0.05) is 6.92 Å². The molecule has 1 N–H and O–H groups in total. The Hall–Kier alpha value is -0.780. The predicted octanol–water partition coefficient (Wildman–Crippen LogP) is 1.01. The van der Waals surface area contributed by atoms with Gasteiger partial charge in [0.05, 0.1) is 0 Å². The fourth-order valence-electron chi connectivity index (χ4n) is 2.94. The van der Waals surface area contributed by atoms with Gasteiger partial charge in [0.25, 0.3) is 0 Å². The van der Waals surface area contributed by atoms with E-state index in [1.165, 1.54) is 0 Å². The lowest BCUT2D eigenvalue weighted by Gasteiger charge is -2.27. The number of fused-ring (bicyclic) bond motifs is 1. The molecule has 2 heterocycles. The van der Waals surface area contributed by atoms with Crippen molar-refractivity contribution in [1.82, 2.24) is 10.2 Å². The van der Waals surface area contributed by atoms with Crippen LogP contribution in [0.15, 0.2) is 0 Å². The molecule has 2 saturated heterocycles. The van der Waals surface area contributed by atoms with Gasteiger partial charge >= 0.3 is 12.1 Å². The minimum Gasteiger partial charge on any atom is -0.331 e. The van der Waals surface area contributed by atoms with Crippen LogP contribution in [0.4, 0.5) is 13.2 Å². The zero-order valence-electron chi connectivity index (χ0n) is 9.05. The van der Waals surface area contributed by atoms with Crippen LogP contribution in [0.5, 0.6) is 0 Å². The number of hydrogen-bond acceptors (Lipinski definition) is 2. The molecule has 0 aromatic carbocycles. The lowest BCUT2D eigenvalue weighted by atomic mass is 9.93. The monoisotopic (exact) mass is 236 g/mol. The molecule has 0 radical (unpaired) electrons. The lowest BCUT2D eigenvalue weighted by Crippen LogP contribution is -2.46. The van der Waals surface area contributed by atoms with Crippen LogP contribution in [0.1, 0.15) is 13.3 Å². The molecule has 0 saturated carbocycles. The standard InChI is InChI=1S/C10H15F3N2O/c1-2-8-7-4-14-3-6(7)5-15(8)9(16)10(11,12)13/h6-8,14H,2-5H2,1H3. The molecule has 3 unspecified atom stereocenters. The quantitative estimate of drug-likeness (QED) is 0.736. The summed E-state index contributed by atoms with van der Waals surface area (Å²) in [5.74, 6) is -1.29. The Morgan fingerprint density at radius 2 is 2.12 bits per heavy atom. The van der Waals surface area contributed by atoms with Crippen molar-refractivity contribution in [3.63, 3.8) is 0 Å². The first-order valence-corrected chi connectivity index (χ1v) is 5.53. The summed E-state index contributed by atoms with van der Waals surface area (Å²) >= 11 is 0. The highest BCUT2D eigenvalue weighted by molar-refractivity contribution is 5.82. The van der Waals surface area contributed by atoms with Crippen molar-refractivity contribution < 1.29 is 18.0 Å². The van der Waals surface area contributed by atoms with Crippen molar-refractivity contribution in [2.75, 3.05) is 19.6 Å². The van der Waals surface area contributed by atoms with Gasteiger partial charge in [-0.2, -0.15) is 13.2 Å². The van der Waals surface area contributed by atoms with E-state index < -0.39 is 12.1 Å². The normalized spacial score (nSPS) is 34.2. The highest BCUT2D eigenvalue weighted by Gasteiger charge is 2.51. The Bertz CT molecular complexity index is 292. The topological polar surface area (TPSA) is 32.3 Å². The van der Waals surface area contributed by atoms with Crippen molar-refractivity contribution in [2.24, 2.45) is 11.8 Å². The number of carbonyl (C=O) groups excluding carboxylic acids is 1. The first kappa shape index (κ1) is 11.7. The third-order valence-corrected chi connectivity index (χ3v) is 3.64. The Kier molecular flexibility index (Phi) is 2.86. The van der Waals surface area contributed by atoms with E-state index in [-0.39, 0.29) is 24.4 Å². The molecule has 2 rings (SSSR count). The van der Waals surface area contributed by atoms with E-state index in [0.29, 0.717) is 6.42 Å². The summed E-state index contributed by atoms with van der Waals surface area (Å²) in [6.45, 7) is 3.53. The second-order valence-electron chi connectivity index (χ2n) is 4.51. The Balaban J connectivity index is 2.14. The summed E-state index contributed by atoms with van der Waals surface area (Å²) in [6.07, 6.45) is -4.15. The summed E-state index contributed by atoms with van der Waals surface area (Å²) in [4.78, 5) is 12.3. The molecule has 0 spiro atoms. The van der Waals surface area contributed by atoms with E-state index in [4.69, 9.17) is 0 Å². The van der Waals surface area contributed by atoms with E-state index in [9.17, 15) is 18.0 Å². The number of alkyl halides is 3. The summed E-state index contributed by atoms with van der Waals surface area (Å²) in [6, 6.07) is -0.255. The highest BCUT2D eigenvalue weighted by atomic mass is 19.4. The third-order valence-electron chi connectivity index (χ3n) is 3.64. The van der Waals surface area contributed by atoms with Gasteiger partial charge in [0.15, 0.2) is 0 Å². The van der Waals surface area contributed by atoms with Gasteiger partial charge in [0.2, 0.25) is 0 Å². The minimum absolute atomic E-state index is 0.191. The number of rotatable bonds is 1. The molecule has 1 amide bonds. The molecular formula is C10H15F3N2O. The second-order valence-corrected chi connectivity index (χ2v) is 4.51. The molecule has 6 heteroatoms. The van der Waals surface area contributed by atoms with Gasteiger partial charge in [-0.05, 0) is 18.3 Å². The van der Waals surface area contributed by atoms with E-state index in [2.05, 4.69) is 5.32 Å². The van der Waals surface area contributed by atoms with Crippen LogP contribution in [0, 0.1) is 11.8 Å². The van der Waals surface area contributed by atoms with Gasteiger partial charge in [-0.15, -0.1) is 0 Å². The van der Waals surface area contributed by atoms with Gasteiger partial charge in [0, 0.05) is 25.7 Å². The maximum Gasteiger partial charge on any atom is 0.471 e. The number of halogens is 3. The van der Waals surface area contributed by atoms with Crippen molar-refractivity contribution in [3.05, 3.63) is 0 Å². The predicted molar refractivity (Wildman–Crippen MR) is 51.7 cm³/mol. The molecule has 2 aliphatic heterocycles. The van der Waals surface area contributed by atoms with E-state index in [1.54, 1.807) is 0 Å². The Morgan fingerprint density at radius 1 is 1.44 bits per heavy atom. The first-order valence-electron chi connectivity index (χ1n) is 5.53. The number of amides is 1. The summed E-state index contributed by atoms with van der Waals surface area (Å²) < 4.78 is 37.1. The van der Waals surface area contributed by atoms with Crippen molar-refractivity contribution in [2.45, 2.75) is 25.6 Å². The second kappa shape index (κ2) is 3.91. The van der Waals surface area contributed by atoms with Crippen LogP contribution in [0.3, 0.4) is 0 Å². The number of hydrogen-bond donors (Lipinski definition) is 1. The van der Waals surface area contributed by atoms with Gasteiger partial charge in [0.1, 0.15) is 0 Å². The summed E-state index contributed by atoms with van der Waals surface area (Å²) in [5, 5.41) is 3.17. The molecule has 2 fully saturated rings. The van der Waals surface area contributed by atoms with Crippen molar-refractivity contribution in [1.29, 1.82) is 0 Å². The molecule has 0 aliphatic carbocycles. The van der Waals surface area contributed by atoms with Crippen LogP contribution in [0.2, 0.25) is 0 Å². The van der Waals surface area contributed by atoms with Crippen LogP contribution in [0.25, 0.3) is 0 Å². The van der Waals surface area contributed by atoms with Gasteiger partial charge in [-0.3, -0.25) is 4.79 Å². The molecule has 92 valence electrons. The molecule has 16 heavy (non-hydrogen) atoms. The summed E-state index contributed by atoms with van der Waals surface area (Å²) in [5.41, 5.74) is 0. The fraction of sp³-hybridized carbons (Fsp3) is 0.900. The van der Waals surface area contributed by atoms with E-state index in [0.717, 1.165) is 18.0 Å². The Labute approximate surface area is 92.0 Å². The number of nitrogens with zero attached hydrogens (tertiary/aromatic N) is 1. The van der Waals surface area contributed by atoms with E-state index >= 15 is 0 Å². The molecule has 2 aliphatic rings. The molecule has 0 aromatic rings. The van der Waals surface area contributed by atoms with Crippen molar-refractivity contribution >= 4 is 5.91 Å². The van der Waals surface area contributed by atoms with Crippen molar-refractivity contribution in [3.8, 4) is 0 Å². The zero-order chi connectivity index (χ0) is 11.9. The van der Waals surface area contributed by atoms with Crippen LogP contribution >= 0.6 is 0 Å². The zero-order valence-corrected chi connectivity index (χ0v) is 9.05. The summed E-state index contributed by atoms with van der Waals surface area (Å²) in [7, 11) is 0. The first-order chi connectivity index (χ1) is 7.45. The fourth-order valence-corrected chi connectivity index (χ4v) is 2.94. The third kappa shape index (κ3) is 1.79. The van der Waals surface area contributed by atoms with Crippen LogP contribution in [-0.4, -0.2) is 42.7 Å². The molecule has 3 nitrogen and oxygen atoms in total. The Morgan fingerprint density at radius 3 is 2.69 bits per heavy atom. The van der Waals surface area contributed by atoms with Crippen LogP contribution in [-0.2, 0) is 4.79 Å². The molecular weight excluding hydrogens is 221 g/mol. The smallest absolute Gasteiger partial charge is 0.331 e. The van der Waals surface area contributed by atoms with Gasteiger partial charge < -0.3 is 10.2 Å². The lowest BCUT2D eigenvalue weighted by molar-refractivity contribution is -0.186. The van der Waals surface area contributed by atoms with E-state index in [1.807, 2.05) is 6.92 Å². The highest BCUT2D eigenvalue weighted by Crippen LogP contribution is 2.36. The molecule has 0 aromatic heterocycles. The van der Waals surface area contributed by atoms with Gasteiger partial charge in [-0.25, -0.2) is 0 Å². The number of likely N-dealkylation sites (tertiary alicyclic amines) is 1. The minimum atomic E-state index is -4.74. The maximum absolute atomic E-state index is 12.4. The average molecular weight is 236 g/mol. The average Bonchev–Trinajstić information content (AvgIpc) is 2.73.